The number of carbonyl (C=O) groups excluding carboxylic acids is 2. The summed E-state index contributed by atoms with van der Waals surface area (Å²) in [4.78, 5) is 25.3. The van der Waals surface area contributed by atoms with E-state index in [1.807, 2.05) is 11.9 Å². The second-order valence-corrected chi connectivity index (χ2v) is 5.13. The lowest BCUT2D eigenvalue weighted by atomic mass is 10.0. The van der Waals surface area contributed by atoms with Crippen LogP contribution in [-0.2, 0) is 4.79 Å². The number of benzene rings is 1. The van der Waals surface area contributed by atoms with E-state index in [-0.39, 0.29) is 12.5 Å². The number of rotatable bonds is 5. The zero-order valence-corrected chi connectivity index (χ0v) is 12.2. The number of hydrogen-bond donors (Lipinski definition) is 2. The van der Waals surface area contributed by atoms with E-state index in [2.05, 4.69) is 5.32 Å². The molecule has 6 heteroatoms. The zero-order chi connectivity index (χ0) is 15.2. The predicted molar refractivity (Wildman–Crippen MR) is 79.1 cm³/mol. The second kappa shape index (κ2) is 7.08. The number of hydrogen-bond acceptors (Lipinski definition) is 4. The Labute approximate surface area is 124 Å². The van der Waals surface area contributed by atoms with E-state index in [1.165, 1.54) is 0 Å². The number of nitrogens with zero attached hydrogens (tertiary/aromatic N) is 1. The molecule has 1 atom stereocenters. The van der Waals surface area contributed by atoms with Crippen molar-refractivity contribution in [1.29, 1.82) is 0 Å². The van der Waals surface area contributed by atoms with E-state index in [0.717, 1.165) is 19.4 Å². The lowest BCUT2D eigenvalue weighted by Gasteiger charge is -2.32. The molecule has 0 saturated carbocycles. The molecule has 0 radical (unpaired) electrons. The van der Waals surface area contributed by atoms with Crippen molar-refractivity contribution in [3.05, 3.63) is 29.8 Å². The maximum atomic E-state index is 12.6. The molecule has 1 aliphatic heterocycles. The Bertz CT molecular complexity index is 519. The number of amides is 2. The minimum absolute atomic E-state index is 0.0741. The van der Waals surface area contributed by atoms with Crippen LogP contribution in [0.15, 0.2) is 24.3 Å². The highest BCUT2D eigenvalue weighted by atomic mass is 16.5. The highest BCUT2D eigenvalue weighted by Gasteiger charge is 2.25. The summed E-state index contributed by atoms with van der Waals surface area (Å²) in [6.45, 7) is 1.18. The Morgan fingerprint density at radius 1 is 1.43 bits per heavy atom. The van der Waals surface area contributed by atoms with Crippen molar-refractivity contribution in [2.75, 3.05) is 26.7 Å². The Hall–Kier alpha value is -2.08. The molecule has 2 rings (SSSR count). The van der Waals surface area contributed by atoms with Gasteiger partial charge in [0.15, 0.2) is 6.61 Å². The Morgan fingerprint density at radius 2 is 2.19 bits per heavy atom. The van der Waals surface area contributed by atoms with E-state index < -0.39 is 5.91 Å². The van der Waals surface area contributed by atoms with Crippen LogP contribution in [0.3, 0.4) is 0 Å². The quantitative estimate of drug-likeness (QED) is 0.821. The van der Waals surface area contributed by atoms with Gasteiger partial charge in [-0.15, -0.1) is 0 Å². The van der Waals surface area contributed by atoms with E-state index in [1.54, 1.807) is 24.3 Å². The largest absolute Gasteiger partial charge is 0.483 e. The fraction of sp³-hybridized carbons (Fsp3) is 0.467. The molecule has 0 aliphatic carbocycles. The van der Waals surface area contributed by atoms with E-state index >= 15 is 0 Å². The van der Waals surface area contributed by atoms with E-state index in [4.69, 9.17) is 10.5 Å². The van der Waals surface area contributed by atoms with E-state index in [9.17, 15) is 9.59 Å². The third-order valence-electron chi connectivity index (χ3n) is 3.60. The summed E-state index contributed by atoms with van der Waals surface area (Å²) in [5.74, 6) is -0.242. The van der Waals surface area contributed by atoms with Crippen LogP contribution in [0, 0.1) is 0 Å². The van der Waals surface area contributed by atoms with Crippen LogP contribution in [0.5, 0.6) is 5.75 Å². The first-order chi connectivity index (χ1) is 10.1. The SMILES string of the molecule is CN[C@H]1CCCN(C(=O)c2ccccc2OCC(N)=O)C1. The Kier molecular flexibility index (Phi) is 5.16. The van der Waals surface area contributed by atoms with Crippen LogP contribution in [-0.4, -0.2) is 49.5 Å². The maximum Gasteiger partial charge on any atom is 0.257 e. The summed E-state index contributed by atoms with van der Waals surface area (Å²) in [7, 11) is 1.91. The van der Waals surface area contributed by atoms with Gasteiger partial charge >= 0.3 is 0 Å². The molecule has 0 spiro atoms. The number of ether oxygens (including phenoxy) is 1. The maximum absolute atomic E-state index is 12.6. The fourth-order valence-electron chi connectivity index (χ4n) is 2.49. The van der Waals surface area contributed by atoms with Gasteiger partial charge in [0.25, 0.3) is 11.8 Å². The zero-order valence-electron chi connectivity index (χ0n) is 12.2. The molecular weight excluding hydrogens is 270 g/mol. The number of likely N-dealkylation sites (tertiary alicyclic amines) is 1. The van der Waals surface area contributed by atoms with Crippen molar-refractivity contribution in [3.63, 3.8) is 0 Å². The smallest absolute Gasteiger partial charge is 0.257 e. The van der Waals surface area contributed by atoms with E-state index in [0.29, 0.717) is 23.9 Å². The molecular formula is C15H21N3O3. The molecule has 21 heavy (non-hydrogen) atoms. The van der Waals surface area contributed by atoms with Crippen molar-refractivity contribution >= 4 is 11.8 Å². The molecule has 0 aromatic heterocycles. The number of likely N-dealkylation sites (N-methyl/N-ethyl adjacent to an activating group) is 1. The van der Waals surface area contributed by atoms with Crippen molar-refractivity contribution in [1.82, 2.24) is 10.2 Å². The topological polar surface area (TPSA) is 84.7 Å². The third-order valence-corrected chi connectivity index (χ3v) is 3.60. The number of piperidine rings is 1. The van der Waals surface area contributed by atoms with Gasteiger partial charge in [0.2, 0.25) is 0 Å². The predicted octanol–water partition coefficient (Wildman–Crippen LogP) is 0.375. The van der Waals surface area contributed by atoms with Crippen LogP contribution in [0.4, 0.5) is 0 Å². The molecule has 6 nitrogen and oxygen atoms in total. The molecule has 1 aliphatic rings. The summed E-state index contributed by atoms with van der Waals surface area (Å²) >= 11 is 0. The number of primary amides is 1. The Morgan fingerprint density at radius 3 is 2.90 bits per heavy atom. The van der Waals surface area contributed by atoms with Gasteiger partial charge in [-0.2, -0.15) is 0 Å². The monoisotopic (exact) mass is 291 g/mol. The van der Waals surface area contributed by atoms with Crippen molar-refractivity contribution in [3.8, 4) is 5.75 Å². The molecule has 114 valence electrons. The summed E-state index contributed by atoms with van der Waals surface area (Å²) in [6.07, 6.45) is 2.04. The van der Waals surface area contributed by atoms with Crippen molar-refractivity contribution in [2.45, 2.75) is 18.9 Å². The minimum atomic E-state index is -0.564. The molecule has 1 fully saturated rings. The standard InChI is InChI=1S/C15H21N3O3/c1-17-11-5-4-8-18(9-11)15(20)12-6-2-3-7-13(12)21-10-14(16)19/h2-3,6-7,11,17H,4-5,8-10H2,1H3,(H2,16,19)/t11-/m0/s1. The molecule has 0 bridgehead atoms. The second-order valence-electron chi connectivity index (χ2n) is 5.13. The van der Waals surface area contributed by atoms with Crippen LogP contribution in [0.2, 0.25) is 0 Å². The van der Waals surface area contributed by atoms with Crippen molar-refractivity contribution in [2.24, 2.45) is 5.73 Å². The summed E-state index contributed by atoms with van der Waals surface area (Å²) in [5.41, 5.74) is 5.55. The highest BCUT2D eigenvalue weighted by Crippen LogP contribution is 2.22. The summed E-state index contributed by atoms with van der Waals surface area (Å²) in [5, 5.41) is 3.21. The van der Waals surface area contributed by atoms with Gasteiger partial charge in [0.1, 0.15) is 5.75 Å². The summed E-state index contributed by atoms with van der Waals surface area (Å²) in [6, 6.07) is 7.25. The average Bonchev–Trinajstić information content (AvgIpc) is 2.52. The molecule has 1 heterocycles. The van der Waals surface area contributed by atoms with Crippen LogP contribution < -0.4 is 15.8 Å². The molecule has 1 aromatic rings. The number of nitrogens with two attached hydrogens (primary N) is 1. The minimum Gasteiger partial charge on any atom is -0.483 e. The first-order valence-electron chi connectivity index (χ1n) is 7.08. The lowest BCUT2D eigenvalue weighted by Crippen LogP contribution is -2.47. The first-order valence-corrected chi connectivity index (χ1v) is 7.08. The Balaban J connectivity index is 2.12. The molecule has 3 N–H and O–H groups in total. The van der Waals surface area contributed by atoms with Gasteiger partial charge < -0.3 is 20.7 Å². The molecule has 2 amide bonds. The van der Waals surface area contributed by atoms with Gasteiger partial charge in [-0.3, -0.25) is 9.59 Å². The fourth-order valence-corrected chi connectivity index (χ4v) is 2.49. The van der Waals surface area contributed by atoms with Crippen LogP contribution in [0.1, 0.15) is 23.2 Å². The summed E-state index contributed by atoms with van der Waals surface area (Å²) < 4.78 is 5.33. The third kappa shape index (κ3) is 3.95. The van der Waals surface area contributed by atoms with Gasteiger partial charge in [-0.25, -0.2) is 0 Å². The van der Waals surface area contributed by atoms with Gasteiger partial charge in [0.05, 0.1) is 5.56 Å². The van der Waals surface area contributed by atoms with Crippen molar-refractivity contribution < 1.29 is 14.3 Å². The number of carbonyl (C=O) groups is 2. The van der Waals surface area contributed by atoms with Gasteiger partial charge in [-0.1, -0.05) is 12.1 Å². The van der Waals surface area contributed by atoms with Crippen LogP contribution >= 0.6 is 0 Å². The number of nitrogens with one attached hydrogen (secondary N) is 1. The van der Waals surface area contributed by atoms with Gasteiger partial charge in [0, 0.05) is 19.1 Å². The number of para-hydroxylation sites is 1. The lowest BCUT2D eigenvalue weighted by molar-refractivity contribution is -0.119. The normalized spacial score (nSPS) is 18.3. The van der Waals surface area contributed by atoms with Crippen LogP contribution in [0.25, 0.3) is 0 Å². The average molecular weight is 291 g/mol. The molecule has 1 saturated heterocycles. The van der Waals surface area contributed by atoms with Gasteiger partial charge in [-0.05, 0) is 32.0 Å². The molecule has 0 unspecified atom stereocenters. The first kappa shape index (κ1) is 15.3. The molecule has 1 aromatic carbocycles. The highest BCUT2D eigenvalue weighted by molar-refractivity contribution is 5.97.